The van der Waals surface area contributed by atoms with E-state index in [0.29, 0.717) is 12.0 Å². The Bertz CT molecular complexity index is 860. The number of hydrogen-bond donors (Lipinski definition) is 0. The molecule has 0 radical (unpaired) electrons. The van der Waals surface area contributed by atoms with E-state index in [0.717, 1.165) is 57.3 Å². The Kier molecular flexibility index (Phi) is 5.10. The minimum atomic E-state index is 0.293. The standard InChI is InChI=1S/C23H26ClN3O/c24-19-8-5-18(6-9-19)23-21-10-7-17-3-1-2-4-20(17)22(21)25-27(23)12-11-26-13-15-28-16-14-26/h1-6,8-9,21,23H,7,10-16H2. The van der Waals surface area contributed by atoms with Crippen LogP contribution in [0.1, 0.15) is 29.2 Å². The van der Waals surface area contributed by atoms with Crippen LogP contribution in [-0.4, -0.2) is 55.0 Å². The van der Waals surface area contributed by atoms with Crippen molar-refractivity contribution in [2.75, 3.05) is 39.4 Å². The largest absolute Gasteiger partial charge is 0.379 e. The highest BCUT2D eigenvalue weighted by atomic mass is 35.5. The van der Waals surface area contributed by atoms with E-state index in [9.17, 15) is 0 Å². The molecule has 0 spiro atoms. The van der Waals surface area contributed by atoms with Crippen LogP contribution in [0.2, 0.25) is 5.02 Å². The van der Waals surface area contributed by atoms with Gasteiger partial charge in [-0.1, -0.05) is 48.0 Å². The fourth-order valence-corrected chi connectivity index (χ4v) is 4.93. The monoisotopic (exact) mass is 395 g/mol. The van der Waals surface area contributed by atoms with Gasteiger partial charge >= 0.3 is 0 Å². The minimum absolute atomic E-state index is 0.293. The van der Waals surface area contributed by atoms with Crippen LogP contribution in [0.3, 0.4) is 0 Å². The molecule has 146 valence electrons. The highest BCUT2D eigenvalue weighted by Gasteiger charge is 2.41. The molecule has 28 heavy (non-hydrogen) atoms. The van der Waals surface area contributed by atoms with Crippen molar-refractivity contribution >= 4 is 17.3 Å². The Morgan fingerprint density at radius 2 is 1.79 bits per heavy atom. The molecule has 2 heterocycles. The quantitative estimate of drug-likeness (QED) is 0.783. The Hall–Kier alpha value is -1.88. The van der Waals surface area contributed by atoms with Gasteiger partial charge in [-0.25, -0.2) is 0 Å². The van der Waals surface area contributed by atoms with Gasteiger partial charge in [0.05, 0.1) is 25.0 Å². The fourth-order valence-electron chi connectivity index (χ4n) is 4.80. The Labute approximate surface area is 171 Å². The van der Waals surface area contributed by atoms with Crippen molar-refractivity contribution in [1.82, 2.24) is 9.91 Å². The van der Waals surface area contributed by atoms with E-state index in [4.69, 9.17) is 21.4 Å². The molecule has 0 N–H and O–H groups in total. The van der Waals surface area contributed by atoms with E-state index in [1.54, 1.807) is 0 Å². The molecule has 0 aromatic heterocycles. The van der Waals surface area contributed by atoms with Crippen LogP contribution in [0.15, 0.2) is 53.6 Å². The number of aryl methyl sites for hydroxylation is 1. The van der Waals surface area contributed by atoms with Crippen molar-refractivity contribution in [1.29, 1.82) is 0 Å². The summed E-state index contributed by atoms with van der Waals surface area (Å²) in [5, 5.41) is 8.30. The summed E-state index contributed by atoms with van der Waals surface area (Å²) in [6.45, 7) is 5.68. The van der Waals surface area contributed by atoms with Gasteiger partial charge in [0.1, 0.15) is 0 Å². The molecule has 2 atom stereocenters. The summed E-state index contributed by atoms with van der Waals surface area (Å²) in [7, 11) is 0. The molecule has 0 bridgehead atoms. The molecule has 0 amide bonds. The molecule has 5 heteroatoms. The molecule has 2 aromatic carbocycles. The lowest BCUT2D eigenvalue weighted by atomic mass is 9.77. The van der Waals surface area contributed by atoms with Crippen LogP contribution < -0.4 is 0 Å². The van der Waals surface area contributed by atoms with E-state index in [2.05, 4.69) is 46.3 Å². The van der Waals surface area contributed by atoms with Crippen molar-refractivity contribution in [3.63, 3.8) is 0 Å². The SMILES string of the molecule is Clc1ccc(C2C3CCc4ccccc4C3=NN2CCN2CCOCC2)cc1. The Balaban J connectivity index is 1.44. The number of benzene rings is 2. The second-order valence-corrected chi connectivity index (χ2v) is 8.34. The number of halogens is 1. The third kappa shape index (κ3) is 3.45. The lowest BCUT2D eigenvalue weighted by Crippen LogP contribution is -2.41. The van der Waals surface area contributed by atoms with E-state index in [1.807, 2.05) is 12.1 Å². The van der Waals surface area contributed by atoms with Crippen LogP contribution in [0.5, 0.6) is 0 Å². The third-order valence-electron chi connectivity index (χ3n) is 6.27. The van der Waals surface area contributed by atoms with Crippen LogP contribution in [0.25, 0.3) is 0 Å². The second kappa shape index (κ2) is 7.86. The maximum atomic E-state index is 6.16. The second-order valence-electron chi connectivity index (χ2n) is 7.90. The molecule has 2 aromatic rings. The van der Waals surface area contributed by atoms with Crippen LogP contribution >= 0.6 is 11.6 Å². The number of hydrogen-bond acceptors (Lipinski definition) is 4. The summed E-state index contributed by atoms with van der Waals surface area (Å²) in [6.07, 6.45) is 2.28. The van der Waals surface area contributed by atoms with Crippen molar-refractivity contribution in [2.45, 2.75) is 18.9 Å². The first-order chi connectivity index (χ1) is 13.8. The number of fused-ring (bicyclic) bond motifs is 3. The summed E-state index contributed by atoms with van der Waals surface area (Å²) in [5.41, 5.74) is 5.35. The van der Waals surface area contributed by atoms with Crippen LogP contribution in [0.4, 0.5) is 0 Å². The Morgan fingerprint density at radius 1 is 1.00 bits per heavy atom. The smallest absolute Gasteiger partial charge is 0.0805 e. The zero-order valence-corrected chi connectivity index (χ0v) is 16.8. The topological polar surface area (TPSA) is 28.1 Å². The highest BCUT2D eigenvalue weighted by Crippen LogP contribution is 2.43. The summed E-state index contributed by atoms with van der Waals surface area (Å²) < 4.78 is 5.49. The van der Waals surface area contributed by atoms with E-state index >= 15 is 0 Å². The van der Waals surface area contributed by atoms with Gasteiger partial charge in [-0.05, 0) is 36.1 Å². The fraction of sp³-hybridized carbons (Fsp3) is 0.435. The first kappa shape index (κ1) is 18.2. The Morgan fingerprint density at radius 3 is 2.61 bits per heavy atom. The summed E-state index contributed by atoms with van der Waals surface area (Å²) in [6, 6.07) is 17.4. The number of hydrazone groups is 1. The van der Waals surface area contributed by atoms with Crippen molar-refractivity contribution < 1.29 is 4.74 Å². The molecule has 1 fully saturated rings. The molecule has 5 rings (SSSR count). The first-order valence-electron chi connectivity index (χ1n) is 10.3. The van der Waals surface area contributed by atoms with E-state index < -0.39 is 0 Å². The van der Waals surface area contributed by atoms with Gasteiger partial charge in [0.2, 0.25) is 0 Å². The van der Waals surface area contributed by atoms with Crippen molar-refractivity contribution in [2.24, 2.45) is 11.0 Å². The molecular weight excluding hydrogens is 370 g/mol. The number of rotatable bonds is 4. The normalized spacial score (nSPS) is 24.6. The van der Waals surface area contributed by atoms with Crippen molar-refractivity contribution in [3.05, 3.63) is 70.2 Å². The zero-order valence-electron chi connectivity index (χ0n) is 16.1. The van der Waals surface area contributed by atoms with Gasteiger partial charge in [-0.3, -0.25) is 9.91 Å². The molecule has 2 unspecified atom stereocenters. The van der Waals surface area contributed by atoms with Gasteiger partial charge in [0, 0.05) is 42.7 Å². The molecule has 0 saturated carbocycles. The molecule has 1 aliphatic carbocycles. The number of nitrogens with zero attached hydrogens (tertiary/aromatic N) is 3. The van der Waals surface area contributed by atoms with E-state index in [-0.39, 0.29) is 0 Å². The van der Waals surface area contributed by atoms with Gasteiger partial charge < -0.3 is 4.74 Å². The van der Waals surface area contributed by atoms with Gasteiger partial charge in [0.25, 0.3) is 0 Å². The predicted octanol–water partition coefficient (Wildman–Crippen LogP) is 4.00. The van der Waals surface area contributed by atoms with Gasteiger partial charge in [-0.2, -0.15) is 5.10 Å². The third-order valence-corrected chi connectivity index (χ3v) is 6.52. The minimum Gasteiger partial charge on any atom is -0.379 e. The van der Waals surface area contributed by atoms with E-state index in [1.165, 1.54) is 22.4 Å². The van der Waals surface area contributed by atoms with Crippen molar-refractivity contribution in [3.8, 4) is 0 Å². The summed E-state index contributed by atoms with van der Waals surface area (Å²) in [4.78, 5) is 2.48. The number of morpholine rings is 1. The average Bonchev–Trinajstić information content (AvgIpc) is 3.12. The predicted molar refractivity (Wildman–Crippen MR) is 113 cm³/mol. The zero-order chi connectivity index (χ0) is 18.9. The molecule has 1 saturated heterocycles. The molecule has 3 aliphatic rings. The lowest BCUT2D eigenvalue weighted by Gasteiger charge is -2.33. The summed E-state index contributed by atoms with van der Waals surface area (Å²) >= 11 is 6.16. The van der Waals surface area contributed by atoms with Gasteiger partial charge in [0.15, 0.2) is 0 Å². The molecule has 2 aliphatic heterocycles. The first-order valence-corrected chi connectivity index (χ1v) is 10.7. The molecule has 4 nitrogen and oxygen atoms in total. The maximum Gasteiger partial charge on any atom is 0.0805 e. The molecular formula is C23H26ClN3O. The lowest BCUT2D eigenvalue weighted by molar-refractivity contribution is 0.0309. The summed E-state index contributed by atoms with van der Waals surface area (Å²) in [5.74, 6) is 0.445. The highest BCUT2D eigenvalue weighted by molar-refractivity contribution is 6.30. The van der Waals surface area contributed by atoms with Crippen LogP contribution in [-0.2, 0) is 11.2 Å². The average molecular weight is 396 g/mol. The number of ether oxygens (including phenoxy) is 1. The maximum absolute atomic E-state index is 6.16. The van der Waals surface area contributed by atoms with Crippen LogP contribution in [0, 0.1) is 5.92 Å². The van der Waals surface area contributed by atoms with Gasteiger partial charge in [-0.15, -0.1) is 0 Å².